The van der Waals surface area contributed by atoms with E-state index in [9.17, 15) is 4.79 Å². The monoisotopic (exact) mass is 466 g/mol. The molecule has 4 heterocycles. The summed E-state index contributed by atoms with van der Waals surface area (Å²) in [5.41, 5.74) is 4.23. The molecule has 1 unspecified atom stereocenters. The quantitative estimate of drug-likeness (QED) is 0.412. The van der Waals surface area contributed by atoms with Crippen LogP contribution in [0.5, 0.6) is 0 Å². The Hall–Kier alpha value is -3.64. The highest BCUT2D eigenvalue weighted by molar-refractivity contribution is 5.87. The molecule has 1 aromatic heterocycles. The van der Waals surface area contributed by atoms with E-state index in [1.807, 2.05) is 30.3 Å². The highest BCUT2D eigenvalue weighted by atomic mass is 16.5. The summed E-state index contributed by atoms with van der Waals surface area (Å²) in [6.07, 6.45) is 1.83. The maximum Gasteiger partial charge on any atom is 0.411 e. The van der Waals surface area contributed by atoms with Crippen LogP contribution in [0.2, 0.25) is 0 Å². The van der Waals surface area contributed by atoms with Crippen LogP contribution in [0, 0.1) is 5.92 Å². The lowest BCUT2D eigenvalue weighted by molar-refractivity contribution is -0.00222. The summed E-state index contributed by atoms with van der Waals surface area (Å²) in [6, 6.07) is 27.0. The highest BCUT2D eigenvalue weighted by Gasteiger charge is 2.42. The number of amides is 1. The van der Waals surface area contributed by atoms with Gasteiger partial charge in [0.05, 0.1) is 5.69 Å². The van der Waals surface area contributed by atoms with Crippen LogP contribution < -0.4 is 5.32 Å². The lowest BCUT2D eigenvalue weighted by Gasteiger charge is -2.49. The molecular weight excluding hydrogens is 436 g/mol. The van der Waals surface area contributed by atoms with Gasteiger partial charge in [0.25, 0.3) is 0 Å². The Morgan fingerprint density at radius 1 is 1.03 bits per heavy atom. The molecule has 1 amide bonds. The number of ether oxygens (including phenoxy) is 1. The fourth-order valence-electron chi connectivity index (χ4n) is 5.81. The van der Waals surface area contributed by atoms with Crippen LogP contribution in [-0.4, -0.2) is 46.5 Å². The van der Waals surface area contributed by atoms with Crippen molar-refractivity contribution in [2.45, 2.75) is 24.8 Å². The zero-order chi connectivity index (χ0) is 23.8. The molecule has 4 atom stereocenters. The molecule has 7 rings (SSSR count). The number of piperidine rings is 3. The third kappa shape index (κ3) is 4.42. The molecule has 6 nitrogen and oxygen atoms in total. The average Bonchev–Trinajstić information content (AvgIpc) is 3.29. The second-order valence-electron chi connectivity index (χ2n) is 9.77. The number of aryl methyl sites for hydroxylation is 1. The molecule has 2 bridgehead atoms. The van der Waals surface area contributed by atoms with Gasteiger partial charge >= 0.3 is 6.09 Å². The molecule has 0 saturated carbocycles. The van der Waals surface area contributed by atoms with Crippen molar-refractivity contribution in [1.82, 2.24) is 14.7 Å². The van der Waals surface area contributed by atoms with Gasteiger partial charge in [-0.25, -0.2) is 4.79 Å². The number of para-hydroxylation sites is 1. The van der Waals surface area contributed by atoms with Crippen molar-refractivity contribution in [3.8, 4) is 11.3 Å². The maximum atomic E-state index is 12.2. The van der Waals surface area contributed by atoms with Gasteiger partial charge in [-0.15, -0.1) is 0 Å². The number of nitrogens with one attached hydrogen (secondary N) is 1. The molecule has 0 spiro atoms. The Balaban J connectivity index is 1.13. The lowest BCUT2D eigenvalue weighted by atomic mass is 9.74. The molecule has 0 radical (unpaired) electrons. The van der Waals surface area contributed by atoms with E-state index in [4.69, 9.17) is 9.84 Å². The fraction of sp³-hybridized carbons (Fsp3) is 0.310. The third-order valence-corrected chi connectivity index (χ3v) is 7.65. The SMILES string of the molecule is Cn1nc(-c2ccc3ccccc3c2)cc1[C@@H]1CN2CC[C@H]1C[C@@H]2COC(=O)Nc1ccccc1. The first kappa shape index (κ1) is 21.9. The first-order chi connectivity index (χ1) is 17.1. The normalized spacial score (nSPS) is 23.3. The lowest BCUT2D eigenvalue weighted by Crippen LogP contribution is -2.54. The van der Waals surface area contributed by atoms with Gasteiger partial charge in [0, 0.05) is 42.5 Å². The van der Waals surface area contributed by atoms with Gasteiger partial charge in [-0.05, 0) is 60.3 Å². The zero-order valence-electron chi connectivity index (χ0n) is 19.9. The number of aromatic nitrogens is 2. The second-order valence-corrected chi connectivity index (χ2v) is 9.77. The van der Waals surface area contributed by atoms with Gasteiger partial charge in [0.15, 0.2) is 0 Å². The van der Waals surface area contributed by atoms with Crippen molar-refractivity contribution in [1.29, 1.82) is 0 Å². The van der Waals surface area contributed by atoms with Crippen molar-refractivity contribution in [3.63, 3.8) is 0 Å². The van der Waals surface area contributed by atoms with Crippen LogP contribution in [0.15, 0.2) is 78.9 Å². The van der Waals surface area contributed by atoms with E-state index in [0.717, 1.165) is 36.5 Å². The standard InChI is InChI=1S/C29H30N4O2/c1-32-28(17-27(31-32)23-12-11-20-7-5-6-8-21(20)15-23)26-18-33-14-13-22(26)16-25(33)19-35-29(34)30-24-9-3-2-4-10-24/h2-12,15,17,22,25-26H,13-14,16,18-19H2,1H3,(H,30,34)/t22-,25+,26+/m0/s1. The number of nitrogens with zero attached hydrogens (tertiary/aromatic N) is 3. The molecule has 3 aromatic carbocycles. The summed E-state index contributed by atoms with van der Waals surface area (Å²) in [6.45, 7) is 2.47. The third-order valence-electron chi connectivity index (χ3n) is 7.65. The Labute approximate surface area is 205 Å². The number of carbonyl (C=O) groups is 1. The van der Waals surface area contributed by atoms with Gasteiger partial charge in [0.1, 0.15) is 6.61 Å². The molecule has 3 aliphatic rings. The predicted octanol–water partition coefficient (Wildman–Crippen LogP) is 5.67. The zero-order valence-corrected chi connectivity index (χ0v) is 19.9. The summed E-state index contributed by atoms with van der Waals surface area (Å²) < 4.78 is 7.66. The number of hydrogen-bond donors (Lipinski definition) is 1. The van der Waals surface area contributed by atoms with E-state index in [0.29, 0.717) is 18.4 Å². The van der Waals surface area contributed by atoms with Gasteiger partial charge in [-0.2, -0.15) is 5.10 Å². The summed E-state index contributed by atoms with van der Waals surface area (Å²) >= 11 is 0. The van der Waals surface area contributed by atoms with Crippen LogP contribution in [0.25, 0.3) is 22.0 Å². The van der Waals surface area contributed by atoms with Crippen molar-refractivity contribution in [2.24, 2.45) is 13.0 Å². The van der Waals surface area contributed by atoms with E-state index in [1.165, 1.54) is 22.9 Å². The summed E-state index contributed by atoms with van der Waals surface area (Å²) in [5.74, 6) is 1.02. The number of anilines is 1. The minimum atomic E-state index is -0.387. The Kier molecular flexibility index (Phi) is 5.74. The Morgan fingerprint density at radius 3 is 2.63 bits per heavy atom. The second kappa shape index (κ2) is 9.19. The van der Waals surface area contributed by atoms with Gasteiger partial charge in [-0.1, -0.05) is 54.6 Å². The van der Waals surface area contributed by atoms with Crippen molar-refractivity contribution in [2.75, 3.05) is 25.0 Å². The average molecular weight is 467 g/mol. The van der Waals surface area contributed by atoms with E-state index >= 15 is 0 Å². The topological polar surface area (TPSA) is 59.4 Å². The Morgan fingerprint density at radius 2 is 1.83 bits per heavy atom. The number of benzene rings is 3. The molecule has 3 aliphatic heterocycles. The summed E-state index contributed by atoms with van der Waals surface area (Å²) in [5, 5.41) is 10.2. The minimum Gasteiger partial charge on any atom is -0.448 e. The minimum absolute atomic E-state index is 0.278. The van der Waals surface area contributed by atoms with Crippen molar-refractivity contribution in [3.05, 3.63) is 84.6 Å². The fourth-order valence-corrected chi connectivity index (χ4v) is 5.81. The van der Waals surface area contributed by atoms with E-state index in [-0.39, 0.29) is 12.1 Å². The number of fused-ring (bicyclic) bond motifs is 4. The highest BCUT2D eigenvalue weighted by Crippen LogP contribution is 2.42. The van der Waals surface area contributed by atoms with Crippen molar-refractivity contribution >= 4 is 22.6 Å². The molecule has 1 N–H and O–H groups in total. The molecule has 178 valence electrons. The first-order valence-electron chi connectivity index (χ1n) is 12.4. The van der Waals surface area contributed by atoms with E-state index in [2.05, 4.69) is 70.5 Å². The van der Waals surface area contributed by atoms with Crippen LogP contribution >= 0.6 is 0 Å². The number of hydrogen-bond acceptors (Lipinski definition) is 4. The summed E-state index contributed by atoms with van der Waals surface area (Å²) in [7, 11) is 2.06. The molecule has 3 saturated heterocycles. The maximum absolute atomic E-state index is 12.2. The van der Waals surface area contributed by atoms with Crippen molar-refractivity contribution < 1.29 is 9.53 Å². The summed E-state index contributed by atoms with van der Waals surface area (Å²) in [4.78, 5) is 14.7. The molecule has 6 heteroatoms. The van der Waals surface area contributed by atoms with Crippen LogP contribution in [0.1, 0.15) is 24.5 Å². The first-order valence-corrected chi connectivity index (χ1v) is 12.4. The van der Waals surface area contributed by atoms with Gasteiger partial charge in [0.2, 0.25) is 0 Å². The molecule has 35 heavy (non-hydrogen) atoms. The predicted molar refractivity (Wildman–Crippen MR) is 138 cm³/mol. The van der Waals surface area contributed by atoms with Crippen LogP contribution in [0.4, 0.5) is 10.5 Å². The van der Waals surface area contributed by atoms with E-state index in [1.54, 1.807) is 0 Å². The largest absolute Gasteiger partial charge is 0.448 e. The molecule has 4 aromatic rings. The smallest absolute Gasteiger partial charge is 0.411 e. The van der Waals surface area contributed by atoms with Crippen LogP contribution in [-0.2, 0) is 11.8 Å². The van der Waals surface area contributed by atoms with Gasteiger partial charge in [-0.3, -0.25) is 14.9 Å². The Bertz CT molecular complexity index is 1350. The molecular formula is C29H30N4O2. The van der Waals surface area contributed by atoms with Gasteiger partial charge < -0.3 is 4.74 Å². The van der Waals surface area contributed by atoms with E-state index < -0.39 is 0 Å². The number of carbonyl (C=O) groups excluding carboxylic acids is 1. The molecule has 0 aliphatic carbocycles. The van der Waals surface area contributed by atoms with Crippen LogP contribution in [0.3, 0.4) is 0 Å². The number of rotatable bonds is 5. The molecule has 3 fully saturated rings.